The minimum Gasteiger partial charge on any atom is -0.401 e. The number of aromatic nitrogens is 4. The van der Waals surface area contributed by atoms with Gasteiger partial charge in [-0.15, -0.1) is 5.10 Å². The summed E-state index contributed by atoms with van der Waals surface area (Å²) in [6.07, 6.45) is 1.63. The fourth-order valence-electron chi connectivity index (χ4n) is 3.15. The Labute approximate surface area is 171 Å². The van der Waals surface area contributed by atoms with Crippen molar-refractivity contribution in [2.75, 3.05) is 5.32 Å². The summed E-state index contributed by atoms with van der Waals surface area (Å²) in [7, 11) is 0. The Bertz CT molecular complexity index is 1330. The van der Waals surface area contributed by atoms with E-state index in [1.807, 2.05) is 60.7 Å². The summed E-state index contributed by atoms with van der Waals surface area (Å²) in [5, 5.41) is 11.3. The molecule has 7 nitrogen and oxygen atoms in total. The molecule has 0 saturated carbocycles. The van der Waals surface area contributed by atoms with Crippen molar-refractivity contribution >= 4 is 22.8 Å². The second kappa shape index (κ2) is 7.56. The highest BCUT2D eigenvalue weighted by molar-refractivity contribution is 6.12. The first-order chi connectivity index (χ1) is 14.8. The quantitative estimate of drug-likeness (QED) is 0.480. The van der Waals surface area contributed by atoms with Crippen LogP contribution in [0.2, 0.25) is 0 Å². The summed E-state index contributed by atoms with van der Waals surface area (Å²) >= 11 is 0. The van der Waals surface area contributed by atoms with Gasteiger partial charge >= 0.3 is 6.01 Å². The van der Waals surface area contributed by atoms with Gasteiger partial charge in [0.2, 0.25) is 0 Å². The number of amides is 1. The highest BCUT2D eigenvalue weighted by Crippen LogP contribution is 2.26. The Morgan fingerprint density at radius 1 is 0.833 bits per heavy atom. The van der Waals surface area contributed by atoms with Gasteiger partial charge < -0.3 is 4.42 Å². The molecule has 3 heterocycles. The van der Waals surface area contributed by atoms with E-state index in [0.29, 0.717) is 17.0 Å². The van der Waals surface area contributed by atoms with Gasteiger partial charge in [-0.2, -0.15) is 0 Å². The molecule has 2 aromatic carbocycles. The number of para-hydroxylation sites is 1. The molecule has 144 valence electrons. The van der Waals surface area contributed by atoms with Gasteiger partial charge in [-0.3, -0.25) is 15.1 Å². The molecule has 0 spiro atoms. The van der Waals surface area contributed by atoms with Gasteiger partial charge in [-0.05, 0) is 24.3 Å². The molecule has 3 aromatic heterocycles. The molecule has 0 unspecified atom stereocenters. The number of carbonyl (C=O) groups excluding carboxylic acids is 1. The number of nitrogens with one attached hydrogen (secondary N) is 1. The number of nitrogens with zero attached hydrogens (tertiary/aromatic N) is 4. The van der Waals surface area contributed by atoms with Gasteiger partial charge in [0, 0.05) is 17.1 Å². The van der Waals surface area contributed by atoms with Crippen molar-refractivity contribution in [3.05, 3.63) is 90.6 Å². The van der Waals surface area contributed by atoms with E-state index in [9.17, 15) is 4.79 Å². The minimum absolute atomic E-state index is 0.00260. The maximum Gasteiger partial charge on any atom is 0.322 e. The third-order valence-electron chi connectivity index (χ3n) is 4.56. The van der Waals surface area contributed by atoms with Crippen LogP contribution in [-0.2, 0) is 0 Å². The van der Waals surface area contributed by atoms with Crippen LogP contribution in [-0.4, -0.2) is 26.1 Å². The number of carbonyl (C=O) groups is 1. The Morgan fingerprint density at radius 2 is 1.63 bits per heavy atom. The zero-order chi connectivity index (χ0) is 20.3. The third kappa shape index (κ3) is 3.40. The van der Waals surface area contributed by atoms with Gasteiger partial charge in [-0.25, -0.2) is 4.98 Å². The average Bonchev–Trinajstić information content (AvgIpc) is 3.28. The molecule has 5 rings (SSSR count). The van der Waals surface area contributed by atoms with Gasteiger partial charge in [0.1, 0.15) is 5.69 Å². The predicted molar refractivity (Wildman–Crippen MR) is 113 cm³/mol. The van der Waals surface area contributed by atoms with Crippen molar-refractivity contribution in [2.24, 2.45) is 0 Å². The lowest BCUT2D eigenvalue weighted by Crippen LogP contribution is -2.13. The Balaban J connectivity index is 1.51. The summed E-state index contributed by atoms with van der Waals surface area (Å²) in [6, 6.07) is 24.3. The zero-order valence-electron chi connectivity index (χ0n) is 15.7. The van der Waals surface area contributed by atoms with Crippen molar-refractivity contribution in [2.45, 2.75) is 0 Å². The lowest BCUT2D eigenvalue weighted by Gasteiger charge is -2.09. The standard InChI is InChI=1S/C23H15N5O2/c29-21(26-23-28-27-22(30-23)19-12-6-7-13-24-19)17-14-20(15-8-2-1-3-9-15)25-18-11-5-4-10-16(17)18/h1-14H,(H,26,28,29). The van der Waals surface area contributed by atoms with Crippen LogP contribution in [0.25, 0.3) is 33.7 Å². The highest BCUT2D eigenvalue weighted by atomic mass is 16.4. The summed E-state index contributed by atoms with van der Waals surface area (Å²) < 4.78 is 5.56. The number of rotatable bonds is 4. The fraction of sp³-hybridized carbons (Fsp3) is 0. The first-order valence-electron chi connectivity index (χ1n) is 9.29. The maximum absolute atomic E-state index is 13.1. The molecule has 0 bridgehead atoms. The topological polar surface area (TPSA) is 93.8 Å². The van der Waals surface area contributed by atoms with Crippen LogP contribution in [0.4, 0.5) is 6.01 Å². The summed E-state index contributed by atoms with van der Waals surface area (Å²) in [5.74, 6) is -0.127. The lowest BCUT2D eigenvalue weighted by molar-refractivity contribution is 0.102. The van der Waals surface area contributed by atoms with Gasteiger partial charge in [0.05, 0.1) is 16.8 Å². The molecular formula is C23H15N5O2. The van der Waals surface area contributed by atoms with E-state index in [2.05, 4.69) is 20.5 Å². The largest absolute Gasteiger partial charge is 0.401 e. The zero-order valence-corrected chi connectivity index (χ0v) is 15.7. The molecule has 0 fully saturated rings. The summed E-state index contributed by atoms with van der Waals surface area (Å²) in [6.45, 7) is 0. The molecule has 5 aromatic rings. The smallest absolute Gasteiger partial charge is 0.322 e. The first-order valence-corrected chi connectivity index (χ1v) is 9.29. The number of hydrogen-bond acceptors (Lipinski definition) is 6. The normalized spacial score (nSPS) is 10.8. The van der Waals surface area contributed by atoms with Gasteiger partial charge in [0.15, 0.2) is 0 Å². The van der Waals surface area contributed by atoms with Crippen LogP contribution in [0.3, 0.4) is 0 Å². The van der Waals surface area contributed by atoms with E-state index in [0.717, 1.165) is 16.5 Å². The predicted octanol–water partition coefficient (Wildman–Crippen LogP) is 4.60. The highest BCUT2D eigenvalue weighted by Gasteiger charge is 2.17. The van der Waals surface area contributed by atoms with Crippen LogP contribution in [0.1, 0.15) is 10.4 Å². The number of hydrogen-bond donors (Lipinski definition) is 1. The Morgan fingerprint density at radius 3 is 2.47 bits per heavy atom. The van der Waals surface area contributed by atoms with E-state index < -0.39 is 0 Å². The van der Waals surface area contributed by atoms with Crippen molar-refractivity contribution in [1.82, 2.24) is 20.2 Å². The molecule has 1 N–H and O–H groups in total. The van der Waals surface area contributed by atoms with Crippen LogP contribution >= 0.6 is 0 Å². The van der Waals surface area contributed by atoms with Gasteiger partial charge in [-0.1, -0.05) is 59.7 Å². The second-order valence-corrected chi connectivity index (χ2v) is 6.52. The summed E-state index contributed by atoms with van der Waals surface area (Å²) in [5.41, 5.74) is 3.36. The van der Waals surface area contributed by atoms with Crippen molar-refractivity contribution in [1.29, 1.82) is 0 Å². The van der Waals surface area contributed by atoms with E-state index in [4.69, 9.17) is 9.40 Å². The minimum atomic E-state index is -0.359. The number of anilines is 1. The Hall–Kier alpha value is -4.39. The van der Waals surface area contributed by atoms with Crippen LogP contribution in [0, 0.1) is 0 Å². The maximum atomic E-state index is 13.1. The van der Waals surface area contributed by atoms with E-state index in [-0.39, 0.29) is 17.8 Å². The van der Waals surface area contributed by atoms with Crippen LogP contribution in [0.5, 0.6) is 0 Å². The molecule has 0 aliphatic rings. The molecular weight excluding hydrogens is 378 g/mol. The first kappa shape index (κ1) is 17.7. The monoisotopic (exact) mass is 393 g/mol. The number of benzene rings is 2. The second-order valence-electron chi connectivity index (χ2n) is 6.52. The molecule has 7 heteroatoms. The van der Waals surface area contributed by atoms with Crippen molar-refractivity contribution < 1.29 is 9.21 Å². The van der Waals surface area contributed by atoms with Crippen LogP contribution < -0.4 is 5.32 Å². The van der Waals surface area contributed by atoms with E-state index in [1.165, 1.54) is 0 Å². The molecule has 1 amide bonds. The fourth-order valence-corrected chi connectivity index (χ4v) is 3.15. The summed E-state index contributed by atoms with van der Waals surface area (Å²) in [4.78, 5) is 21.9. The third-order valence-corrected chi connectivity index (χ3v) is 4.56. The lowest BCUT2D eigenvalue weighted by atomic mass is 10.0. The van der Waals surface area contributed by atoms with E-state index in [1.54, 1.807) is 24.4 Å². The molecule has 0 aliphatic heterocycles. The molecule has 30 heavy (non-hydrogen) atoms. The molecule has 0 atom stereocenters. The average molecular weight is 393 g/mol. The number of pyridine rings is 2. The molecule has 0 aliphatic carbocycles. The van der Waals surface area contributed by atoms with Gasteiger partial charge in [0.25, 0.3) is 11.8 Å². The SMILES string of the molecule is O=C(Nc1nnc(-c2ccccn2)o1)c1cc(-c2ccccc2)nc2ccccc12. The molecule has 0 radical (unpaired) electrons. The van der Waals surface area contributed by atoms with E-state index >= 15 is 0 Å². The van der Waals surface area contributed by atoms with Crippen molar-refractivity contribution in [3.63, 3.8) is 0 Å². The molecule has 0 saturated heterocycles. The van der Waals surface area contributed by atoms with Crippen LogP contribution in [0.15, 0.2) is 89.5 Å². The number of fused-ring (bicyclic) bond motifs is 1. The Kier molecular flexibility index (Phi) is 4.46. The van der Waals surface area contributed by atoms with Crippen molar-refractivity contribution in [3.8, 4) is 22.8 Å².